The van der Waals surface area contributed by atoms with Crippen molar-refractivity contribution >= 4 is 11.9 Å². The first-order valence-corrected chi connectivity index (χ1v) is 7.35. The first kappa shape index (κ1) is 16.1. The van der Waals surface area contributed by atoms with Crippen molar-refractivity contribution in [3.63, 3.8) is 0 Å². The Labute approximate surface area is 129 Å². The lowest BCUT2D eigenvalue weighted by molar-refractivity contribution is -0.153. The topological polar surface area (TPSA) is 86.6 Å². The van der Waals surface area contributed by atoms with E-state index in [1.165, 1.54) is 0 Å². The van der Waals surface area contributed by atoms with Crippen molar-refractivity contribution in [1.82, 2.24) is 5.32 Å². The van der Waals surface area contributed by atoms with Gasteiger partial charge in [-0.2, -0.15) is 0 Å². The molecule has 0 spiro atoms. The van der Waals surface area contributed by atoms with Gasteiger partial charge in [-0.05, 0) is 25.8 Å². The van der Waals surface area contributed by atoms with Crippen molar-refractivity contribution in [2.24, 2.45) is 5.41 Å². The van der Waals surface area contributed by atoms with Crippen molar-refractivity contribution in [1.29, 1.82) is 0 Å². The van der Waals surface area contributed by atoms with Crippen LogP contribution in [0.1, 0.15) is 38.7 Å². The van der Waals surface area contributed by atoms with Crippen LogP contribution in [0.25, 0.3) is 0 Å². The third-order valence-corrected chi connectivity index (χ3v) is 4.76. The monoisotopic (exact) mass is 303 g/mol. The molecular weight excluding hydrogens is 282 g/mol. The van der Waals surface area contributed by atoms with Crippen molar-refractivity contribution in [2.75, 3.05) is 0 Å². The molecule has 1 aliphatic heterocycles. The Morgan fingerprint density at radius 2 is 1.82 bits per heavy atom. The zero-order valence-corrected chi connectivity index (χ0v) is 13.0. The molecule has 5 nitrogen and oxygen atoms in total. The maximum Gasteiger partial charge on any atom is 0.333 e. The summed E-state index contributed by atoms with van der Waals surface area (Å²) in [6.07, 6.45) is 0.333. The van der Waals surface area contributed by atoms with Gasteiger partial charge in [0.1, 0.15) is 0 Å². The Balaban J connectivity index is 2.77. The maximum absolute atomic E-state index is 12.1. The van der Waals surface area contributed by atoms with Gasteiger partial charge in [-0.25, -0.2) is 4.79 Å². The van der Waals surface area contributed by atoms with E-state index in [0.29, 0.717) is 12.1 Å². The van der Waals surface area contributed by atoms with Gasteiger partial charge in [0.15, 0.2) is 0 Å². The predicted octanol–water partition coefficient (Wildman–Crippen LogP) is 2.60. The van der Waals surface area contributed by atoms with Crippen LogP contribution >= 0.6 is 0 Å². The number of carboxylic acid groups (broad SMARTS) is 2. The molecule has 0 amide bonds. The third kappa shape index (κ3) is 2.26. The maximum atomic E-state index is 12.1. The summed E-state index contributed by atoms with van der Waals surface area (Å²) < 4.78 is 0. The summed E-state index contributed by atoms with van der Waals surface area (Å²) in [7, 11) is 0. The second-order valence-electron chi connectivity index (χ2n) is 5.75. The molecule has 1 aliphatic rings. The standard InChI is InChI=1S/C17H21NO4/c1-4-17(16(21)22)11(3)18-10(2)13(15(19)20)14(17)12-8-6-5-7-9-12/h5-9,11,14,18H,4H2,1-3H3,(H,19,20)(H,21,22). The number of hydrogen-bond acceptors (Lipinski definition) is 3. The molecule has 1 aromatic carbocycles. The molecule has 1 aromatic rings. The molecule has 0 saturated carbocycles. The average molecular weight is 303 g/mol. The first-order valence-electron chi connectivity index (χ1n) is 7.35. The smallest absolute Gasteiger partial charge is 0.333 e. The van der Waals surface area contributed by atoms with E-state index in [1.54, 1.807) is 45.0 Å². The normalized spacial score (nSPS) is 28.1. The predicted molar refractivity (Wildman–Crippen MR) is 82.5 cm³/mol. The Morgan fingerprint density at radius 3 is 2.27 bits per heavy atom. The Hall–Kier alpha value is -2.30. The molecule has 2 rings (SSSR count). The number of hydrogen-bond donors (Lipinski definition) is 3. The van der Waals surface area contributed by atoms with Gasteiger partial charge in [-0.15, -0.1) is 0 Å². The molecule has 0 fully saturated rings. The van der Waals surface area contributed by atoms with Crippen LogP contribution in [0.3, 0.4) is 0 Å². The highest BCUT2D eigenvalue weighted by Gasteiger charge is 2.55. The van der Waals surface area contributed by atoms with Crippen LogP contribution in [0.15, 0.2) is 41.6 Å². The number of carbonyl (C=O) groups is 2. The van der Waals surface area contributed by atoms with Crippen LogP contribution in [0.4, 0.5) is 0 Å². The highest BCUT2D eigenvalue weighted by molar-refractivity contribution is 5.93. The van der Waals surface area contributed by atoms with Crippen LogP contribution < -0.4 is 5.32 Å². The zero-order valence-electron chi connectivity index (χ0n) is 13.0. The summed E-state index contributed by atoms with van der Waals surface area (Å²) in [5, 5.41) is 22.6. The second kappa shape index (κ2) is 5.83. The van der Waals surface area contributed by atoms with E-state index in [0.717, 1.165) is 5.56 Å². The summed E-state index contributed by atoms with van der Waals surface area (Å²) in [6.45, 7) is 5.29. The minimum Gasteiger partial charge on any atom is -0.481 e. The molecule has 0 saturated heterocycles. The molecule has 1 heterocycles. The quantitative estimate of drug-likeness (QED) is 0.796. The largest absolute Gasteiger partial charge is 0.481 e. The lowest BCUT2D eigenvalue weighted by Gasteiger charge is -2.46. The minimum absolute atomic E-state index is 0.133. The third-order valence-electron chi connectivity index (χ3n) is 4.76. The summed E-state index contributed by atoms with van der Waals surface area (Å²) >= 11 is 0. The van der Waals surface area contributed by atoms with Crippen LogP contribution in [0.2, 0.25) is 0 Å². The number of benzene rings is 1. The van der Waals surface area contributed by atoms with E-state index in [1.807, 2.05) is 6.07 Å². The zero-order chi connectivity index (χ0) is 16.5. The number of nitrogens with one attached hydrogen (secondary N) is 1. The van der Waals surface area contributed by atoms with Crippen LogP contribution in [-0.2, 0) is 9.59 Å². The molecule has 22 heavy (non-hydrogen) atoms. The number of aliphatic carboxylic acids is 2. The Bertz CT molecular complexity index is 623. The first-order chi connectivity index (χ1) is 10.4. The molecule has 0 aromatic heterocycles. The average Bonchev–Trinajstić information content (AvgIpc) is 2.47. The lowest BCUT2D eigenvalue weighted by atomic mass is 9.61. The van der Waals surface area contributed by atoms with Gasteiger partial charge in [-0.3, -0.25) is 4.79 Å². The number of rotatable bonds is 4. The molecule has 0 radical (unpaired) electrons. The van der Waals surface area contributed by atoms with Crippen molar-refractivity contribution in [2.45, 2.75) is 39.2 Å². The van der Waals surface area contributed by atoms with E-state index in [2.05, 4.69) is 5.32 Å². The molecule has 0 bridgehead atoms. The summed E-state index contributed by atoms with van der Waals surface area (Å²) in [5.74, 6) is -2.75. The van der Waals surface area contributed by atoms with Crippen molar-refractivity contribution < 1.29 is 19.8 Å². The summed E-state index contributed by atoms with van der Waals surface area (Å²) in [5.41, 5.74) is 0.179. The van der Waals surface area contributed by atoms with Gasteiger partial charge in [0.25, 0.3) is 0 Å². The highest BCUT2D eigenvalue weighted by atomic mass is 16.4. The second-order valence-corrected chi connectivity index (χ2v) is 5.75. The molecule has 3 atom stereocenters. The van der Waals surface area contributed by atoms with E-state index in [4.69, 9.17) is 0 Å². The van der Waals surface area contributed by atoms with Crippen molar-refractivity contribution in [3.05, 3.63) is 47.2 Å². The highest BCUT2D eigenvalue weighted by Crippen LogP contribution is 2.50. The van der Waals surface area contributed by atoms with E-state index in [-0.39, 0.29) is 11.6 Å². The molecule has 5 heteroatoms. The fourth-order valence-electron chi connectivity index (χ4n) is 3.62. The molecular formula is C17H21NO4. The Morgan fingerprint density at radius 1 is 1.23 bits per heavy atom. The van der Waals surface area contributed by atoms with E-state index < -0.39 is 23.3 Å². The van der Waals surface area contributed by atoms with E-state index >= 15 is 0 Å². The fraction of sp³-hybridized carbons (Fsp3) is 0.412. The van der Waals surface area contributed by atoms with Gasteiger partial charge in [0.2, 0.25) is 0 Å². The molecule has 0 aliphatic carbocycles. The van der Waals surface area contributed by atoms with E-state index in [9.17, 15) is 19.8 Å². The van der Waals surface area contributed by atoms with Crippen LogP contribution in [0, 0.1) is 5.41 Å². The van der Waals surface area contributed by atoms with Crippen LogP contribution in [0.5, 0.6) is 0 Å². The SMILES string of the molecule is CCC1(C(=O)O)C(C)NC(C)=C(C(=O)O)C1c1ccccc1. The number of carboxylic acids is 2. The fourth-order valence-corrected chi connectivity index (χ4v) is 3.62. The van der Waals surface area contributed by atoms with Gasteiger partial charge in [0, 0.05) is 17.7 Å². The van der Waals surface area contributed by atoms with Crippen LogP contribution in [-0.4, -0.2) is 28.2 Å². The summed E-state index contributed by atoms with van der Waals surface area (Å²) in [6, 6.07) is 8.67. The Kier molecular flexibility index (Phi) is 4.26. The van der Waals surface area contributed by atoms with Gasteiger partial charge in [0.05, 0.1) is 11.0 Å². The van der Waals surface area contributed by atoms with Gasteiger partial charge < -0.3 is 15.5 Å². The summed E-state index contributed by atoms with van der Waals surface area (Å²) in [4.78, 5) is 23.9. The molecule has 118 valence electrons. The molecule has 3 N–H and O–H groups in total. The lowest BCUT2D eigenvalue weighted by Crippen LogP contribution is -2.56. The van der Waals surface area contributed by atoms with Gasteiger partial charge >= 0.3 is 11.9 Å². The van der Waals surface area contributed by atoms with Crippen molar-refractivity contribution in [3.8, 4) is 0 Å². The van der Waals surface area contributed by atoms with Gasteiger partial charge in [-0.1, -0.05) is 37.3 Å². The minimum atomic E-state index is -1.20. The number of allylic oxidation sites excluding steroid dienone is 1. The molecule has 3 unspecified atom stereocenters.